The van der Waals surface area contributed by atoms with E-state index in [0.717, 1.165) is 17.5 Å². The molecule has 2 aliphatic carbocycles. The zero-order valence-electron chi connectivity index (χ0n) is 15.7. The maximum atomic E-state index is 13.2. The summed E-state index contributed by atoms with van der Waals surface area (Å²) in [6.07, 6.45) is 2.23. The second-order valence-corrected chi connectivity index (χ2v) is 10.2. The molecule has 1 aromatic carbocycles. The Balaban J connectivity index is 1.88. The Kier molecular flexibility index (Phi) is 4.61. The minimum atomic E-state index is -3.51. The van der Waals surface area contributed by atoms with Gasteiger partial charge < -0.3 is 0 Å². The molecule has 5 heteroatoms. The standard InChI is InChI=1S/C20H29NO3S/c1-5-21(13-16-9-7-6-8-15(16)2)25(23,24)14-20-11-10-17(12-18(20)22)19(20,3)4/h6-9,17H,5,10-14H2,1-4H3. The Morgan fingerprint density at radius 1 is 1.24 bits per heavy atom. The van der Waals surface area contributed by atoms with Crippen molar-refractivity contribution in [3.05, 3.63) is 35.4 Å². The molecule has 0 radical (unpaired) electrons. The van der Waals surface area contributed by atoms with E-state index in [1.54, 1.807) is 4.31 Å². The van der Waals surface area contributed by atoms with E-state index in [9.17, 15) is 13.2 Å². The van der Waals surface area contributed by atoms with Gasteiger partial charge in [0.25, 0.3) is 0 Å². The zero-order chi connectivity index (χ0) is 18.5. The molecule has 0 aromatic heterocycles. The molecular weight excluding hydrogens is 334 g/mol. The average Bonchev–Trinajstić information content (AvgIpc) is 2.87. The number of aryl methyl sites for hydroxylation is 1. The minimum absolute atomic E-state index is 0.0396. The molecule has 138 valence electrons. The van der Waals surface area contributed by atoms with Gasteiger partial charge in [0.2, 0.25) is 10.0 Å². The second-order valence-electron chi connectivity index (χ2n) is 8.28. The molecule has 2 fully saturated rings. The summed E-state index contributed by atoms with van der Waals surface area (Å²) < 4.78 is 28.0. The molecule has 2 aliphatic rings. The first-order valence-electron chi connectivity index (χ1n) is 9.20. The summed E-state index contributed by atoms with van der Waals surface area (Å²) in [6, 6.07) is 7.87. The average molecular weight is 364 g/mol. The van der Waals surface area contributed by atoms with Crippen LogP contribution in [0.5, 0.6) is 0 Å². The van der Waals surface area contributed by atoms with Crippen molar-refractivity contribution in [3.8, 4) is 0 Å². The van der Waals surface area contributed by atoms with Gasteiger partial charge in [-0.25, -0.2) is 8.42 Å². The van der Waals surface area contributed by atoms with Crippen molar-refractivity contribution in [2.45, 2.75) is 53.5 Å². The number of fused-ring (bicyclic) bond motifs is 2. The van der Waals surface area contributed by atoms with Gasteiger partial charge in [-0.05, 0) is 42.2 Å². The summed E-state index contributed by atoms with van der Waals surface area (Å²) in [5, 5.41) is 0. The SMILES string of the molecule is CCN(Cc1ccccc1C)S(=O)(=O)CC12CCC(CC1=O)C2(C)C. The largest absolute Gasteiger partial charge is 0.299 e. The zero-order valence-corrected chi connectivity index (χ0v) is 16.5. The summed E-state index contributed by atoms with van der Waals surface area (Å²) in [4.78, 5) is 12.7. The van der Waals surface area contributed by atoms with Gasteiger partial charge >= 0.3 is 0 Å². The van der Waals surface area contributed by atoms with Gasteiger partial charge in [-0.2, -0.15) is 4.31 Å². The third kappa shape index (κ3) is 2.85. The van der Waals surface area contributed by atoms with Crippen LogP contribution in [0.1, 0.15) is 51.2 Å². The number of benzene rings is 1. The molecule has 0 amide bonds. The van der Waals surface area contributed by atoms with Crippen LogP contribution in [-0.4, -0.2) is 30.8 Å². The number of rotatable bonds is 6. The number of nitrogens with zero attached hydrogens (tertiary/aromatic N) is 1. The summed E-state index contributed by atoms with van der Waals surface area (Å²) in [6.45, 7) is 8.84. The van der Waals surface area contributed by atoms with Crippen LogP contribution in [0, 0.1) is 23.7 Å². The van der Waals surface area contributed by atoms with E-state index in [-0.39, 0.29) is 17.0 Å². The predicted molar refractivity (Wildman–Crippen MR) is 99.6 cm³/mol. The van der Waals surface area contributed by atoms with Crippen molar-refractivity contribution in [1.82, 2.24) is 4.31 Å². The maximum absolute atomic E-state index is 13.2. The van der Waals surface area contributed by atoms with Crippen molar-refractivity contribution >= 4 is 15.8 Å². The number of carbonyl (C=O) groups is 1. The third-order valence-corrected chi connectivity index (χ3v) is 8.95. The molecule has 0 saturated heterocycles. The van der Waals surface area contributed by atoms with Crippen LogP contribution in [-0.2, 0) is 21.4 Å². The van der Waals surface area contributed by atoms with Gasteiger partial charge in [0.1, 0.15) is 5.78 Å². The molecule has 0 aliphatic heterocycles. The van der Waals surface area contributed by atoms with Crippen LogP contribution >= 0.6 is 0 Å². The highest BCUT2D eigenvalue weighted by Crippen LogP contribution is 2.64. The molecule has 25 heavy (non-hydrogen) atoms. The Hall–Kier alpha value is -1.20. The van der Waals surface area contributed by atoms with Crippen LogP contribution in [0.2, 0.25) is 0 Å². The Labute approximate surface area is 151 Å². The molecule has 2 atom stereocenters. The van der Waals surface area contributed by atoms with Gasteiger partial charge in [0.15, 0.2) is 0 Å². The van der Waals surface area contributed by atoms with E-state index in [1.165, 1.54) is 0 Å². The molecule has 1 aromatic rings. The third-order valence-electron chi connectivity index (χ3n) is 6.92. The van der Waals surface area contributed by atoms with Crippen LogP contribution in [0.4, 0.5) is 0 Å². The van der Waals surface area contributed by atoms with Crippen LogP contribution < -0.4 is 0 Å². The van der Waals surface area contributed by atoms with Gasteiger partial charge in [0, 0.05) is 24.9 Å². The number of hydrogen-bond donors (Lipinski definition) is 0. The molecular formula is C20H29NO3S. The first kappa shape index (κ1) is 18.6. The first-order valence-corrected chi connectivity index (χ1v) is 10.8. The summed E-state index contributed by atoms with van der Waals surface area (Å²) >= 11 is 0. The fourth-order valence-corrected chi connectivity index (χ4v) is 7.11. The predicted octanol–water partition coefficient (Wildman–Crippen LogP) is 3.54. The minimum Gasteiger partial charge on any atom is -0.299 e. The maximum Gasteiger partial charge on any atom is 0.215 e. The summed E-state index contributed by atoms with van der Waals surface area (Å²) in [5.74, 6) is 0.452. The van der Waals surface area contributed by atoms with E-state index in [4.69, 9.17) is 0 Å². The van der Waals surface area contributed by atoms with Gasteiger partial charge in [0.05, 0.1) is 5.75 Å². The van der Waals surface area contributed by atoms with Crippen LogP contribution in [0.15, 0.2) is 24.3 Å². The molecule has 2 bridgehead atoms. The van der Waals surface area contributed by atoms with Crippen LogP contribution in [0.3, 0.4) is 0 Å². The second kappa shape index (κ2) is 6.20. The first-order chi connectivity index (χ1) is 11.6. The lowest BCUT2D eigenvalue weighted by atomic mass is 9.70. The lowest BCUT2D eigenvalue weighted by Crippen LogP contribution is -2.46. The van der Waals surface area contributed by atoms with Gasteiger partial charge in [-0.1, -0.05) is 45.0 Å². The summed E-state index contributed by atoms with van der Waals surface area (Å²) in [7, 11) is -3.51. The fourth-order valence-electron chi connectivity index (χ4n) is 4.90. The van der Waals surface area contributed by atoms with Gasteiger partial charge in [-0.3, -0.25) is 4.79 Å². The number of Topliss-reactive ketones (excluding diaryl/α,β-unsaturated/α-hetero) is 1. The van der Waals surface area contributed by atoms with E-state index in [0.29, 0.717) is 31.8 Å². The molecule has 0 spiro atoms. The molecule has 3 rings (SSSR count). The highest BCUT2D eigenvalue weighted by Gasteiger charge is 2.65. The number of carbonyl (C=O) groups excluding carboxylic acids is 1. The normalized spacial score (nSPS) is 28.0. The Morgan fingerprint density at radius 2 is 1.92 bits per heavy atom. The van der Waals surface area contributed by atoms with Crippen molar-refractivity contribution in [2.24, 2.45) is 16.7 Å². The molecule has 0 heterocycles. The quantitative estimate of drug-likeness (QED) is 0.777. The number of sulfonamides is 1. The molecule has 0 N–H and O–H groups in total. The Morgan fingerprint density at radius 3 is 2.44 bits per heavy atom. The topological polar surface area (TPSA) is 54.5 Å². The van der Waals surface area contributed by atoms with E-state index >= 15 is 0 Å². The van der Waals surface area contributed by atoms with Crippen molar-refractivity contribution in [3.63, 3.8) is 0 Å². The Bertz CT molecular complexity index is 784. The monoisotopic (exact) mass is 363 g/mol. The lowest BCUT2D eigenvalue weighted by molar-refractivity contribution is -0.128. The van der Waals surface area contributed by atoms with Gasteiger partial charge in [-0.15, -0.1) is 0 Å². The highest BCUT2D eigenvalue weighted by molar-refractivity contribution is 7.89. The van der Waals surface area contributed by atoms with Crippen LogP contribution in [0.25, 0.3) is 0 Å². The molecule has 4 nitrogen and oxygen atoms in total. The van der Waals surface area contributed by atoms with Crippen molar-refractivity contribution in [1.29, 1.82) is 0 Å². The van der Waals surface area contributed by atoms with E-state index in [2.05, 4.69) is 13.8 Å². The summed E-state index contributed by atoms with van der Waals surface area (Å²) in [5.41, 5.74) is 1.19. The molecule has 2 saturated carbocycles. The smallest absolute Gasteiger partial charge is 0.215 e. The highest BCUT2D eigenvalue weighted by atomic mass is 32.2. The van der Waals surface area contributed by atoms with E-state index < -0.39 is 15.4 Å². The number of hydrogen-bond acceptors (Lipinski definition) is 3. The van der Waals surface area contributed by atoms with Crippen molar-refractivity contribution in [2.75, 3.05) is 12.3 Å². The molecule has 2 unspecified atom stereocenters. The van der Waals surface area contributed by atoms with Crippen molar-refractivity contribution < 1.29 is 13.2 Å². The number of ketones is 1. The lowest BCUT2D eigenvalue weighted by Gasteiger charge is -2.37. The fraction of sp³-hybridized carbons (Fsp3) is 0.650. The van der Waals surface area contributed by atoms with E-state index in [1.807, 2.05) is 38.1 Å².